The van der Waals surface area contributed by atoms with Crippen molar-refractivity contribution in [1.29, 1.82) is 0 Å². The standard InChI is InChI=1S/C25H34Br2N4.4ClH/c26-24-6-2-22(3-7-24)20-30-16-12-28(13-17-30)10-1-11-29-14-18-31(19-15-29)21-23-4-8-25(27)9-5-23;;;;/h2-9H,1,10-21H2;4*1H. The van der Waals surface area contributed by atoms with E-state index in [1.165, 1.54) is 83.0 Å². The van der Waals surface area contributed by atoms with Gasteiger partial charge >= 0.3 is 0 Å². The van der Waals surface area contributed by atoms with E-state index in [2.05, 4.69) is 100.0 Å². The van der Waals surface area contributed by atoms with E-state index in [0.717, 1.165) is 22.0 Å². The average molecular weight is 696 g/mol. The third-order valence-electron chi connectivity index (χ3n) is 6.52. The second kappa shape index (κ2) is 18.6. The molecule has 0 spiro atoms. The van der Waals surface area contributed by atoms with E-state index >= 15 is 0 Å². The van der Waals surface area contributed by atoms with Gasteiger partial charge in [-0.3, -0.25) is 9.80 Å². The Bertz CT molecular complexity index is 731. The highest BCUT2D eigenvalue weighted by Crippen LogP contribution is 2.15. The maximum absolute atomic E-state index is 3.52. The summed E-state index contributed by atoms with van der Waals surface area (Å²) in [6, 6.07) is 17.5. The predicted molar refractivity (Wildman–Crippen MR) is 165 cm³/mol. The van der Waals surface area contributed by atoms with Gasteiger partial charge in [-0.1, -0.05) is 56.1 Å². The summed E-state index contributed by atoms with van der Waals surface area (Å²) in [5, 5.41) is 0. The molecule has 2 fully saturated rings. The topological polar surface area (TPSA) is 13.0 Å². The molecule has 10 heteroatoms. The van der Waals surface area contributed by atoms with Crippen LogP contribution in [0.3, 0.4) is 0 Å². The highest BCUT2D eigenvalue weighted by Gasteiger charge is 2.19. The van der Waals surface area contributed by atoms with Crippen LogP contribution in [0.15, 0.2) is 57.5 Å². The molecule has 4 rings (SSSR count). The Balaban J connectivity index is 0.00000289. The molecule has 200 valence electrons. The lowest BCUT2D eigenvalue weighted by molar-refractivity contribution is 0.106. The van der Waals surface area contributed by atoms with Crippen molar-refractivity contribution in [1.82, 2.24) is 19.6 Å². The van der Waals surface area contributed by atoms with Crippen LogP contribution in [0.4, 0.5) is 0 Å². The van der Waals surface area contributed by atoms with Crippen molar-refractivity contribution in [3.8, 4) is 0 Å². The number of rotatable bonds is 8. The number of nitrogens with zero attached hydrogens (tertiary/aromatic N) is 4. The minimum absolute atomic E-state index is 0. The fraction of sp³-hybridized carbons (Fsp3) is 0.520. The molecule has 35 heavy (non-hydrogen) atoms. The summed E-state index contributed by atoms with van der Waals surface area (Å²) in [5.41, 5.74) is 2.83. The molecular weight excluding hydrogens is 658 g/mol. The molecule has 2 heterocycles. The maximum Gasteiger partial charge on any atom is 0.0234 e. The largest absolute Gasteiger partial charge is 0.301 e. The van der Waals surface area contributed by atoms with E-state index in [1.807, 2.05) is 0 Å². The first-order chi connectivity index (χ1) is 15.1. The van der Waals surface area contributed by atoms with Gasteiger partial charge in [-0.25, -0.2) is 0 Å². The first-order valence-corrected chi connectivity index (χ1v) is 13.1. The Labute approximate surface area is 253 Å². The molecule has 0 aromatic heterocycles. The van der Waals surface area contributed by atoms with Gasteiger partial charge in [0.25, 0.3) is 0 Å². The van der Waals surface area contributed by atoms with Gasteiger partial charge in [0.05, 0.1) is 0 Å². The fourth-order valence-electron chi connectivity index (χ4n) is 4.56. The molecule has 0 amide bonds. The van der Waals surface area contributed by atoms with Crippen LogP contribution in [-0.4, -0.2) is 85.0 Å². The van der Waals surface area contributed by atoms with Crippen LogP contribution >= 0.6 is 81.5 Å². The number of benzene rings is 2. The van der Waals surface area contributed by atoms with Crippen molar-refractivity contribution in [2.24, 2.45) is 0 Å². The lowest BCUT2D eigenvalue weighted by Crippen LogP contribution is -2.48. The van der Waals surface area contributed by atoms with Gasteiger partial charge in [0.15, 0.2) is 0 Å². The van der Waals surface area contributed by atoms with E-state index in [1.54, 1.807) is 0 Å². The van der Waals surface area contributed by atoms with Gasteiger partial charge in [0, 0.05) is 74.4 Å². The molecule has 0 atom stereocenters. The van der Waals surface area contributed by atoms with Crippen LogP contribution in [0.25, 0.3) is 0 Å². The lowest BCUT2D eigenvalue weighted by Gasteiger charge is -2.36. The normalized spacial score (nSPS) is 17.4. The number of hydrogen-bond acceptors (Lipinski definition) is 4. The Morgan fingerprint density at radius 3 is 1.06 bits per heavy atom. The molecule has 2 aromatic carbocycles. The number of hydrogen-bond donors (Lipinski definition) is 0. The molecule has 2 aliphatic rings. The smallest absolute Gasteiger partial charge is 0.0234 e. The van der Waals surface area contributed by atoms with Crippen molar-refractivity contribution in [3.63, 3.8) is 0 Å². The van der Waals surface area contributed by atoms with E-state index in [0.29, 0.717) is 0 Å². The zero-order chi connectivity index (χ0) is 21.5. The van der Waals surface area contributed by atoms with Crippen LogP contribution in [0.1, 0.15) is 17.5 Å². The van der Waals surface area contributed by atoms with Crippen LogP contribution in [-0.2, 0) is 13.1 Å². The lowest BCUT2D eigenvalue weighted by atomic mass is 10.2. The molecule has 0 unspecified atom stereocenters. The predicted octanol–water partition coefficient (Wildman–Crippen LogP) is 6.22. The van der Waals surface area contributed by atoms with Crippen LogP contribution in [0.5, 0.6) is 0 Å². The molecule has 4 nitrogen and oxygen atoms in total. The molecule has 2 aromatic rings. The molecule has 2 saturated heterocycles. The Kier molecular flexibility index (Phi) is 18.8. The van der Waals surface area contributed by atoms with Crippen LogP contribution < -0.4 is 0 Å². The first kappa shape index (κ1) is 35.4. The minimum atomic E-state index is 0. The number of halogens is 6. The maximum atomic E-state index is 3.52. The Morgan fingerprint density at radius 2 is 0.743 bits per heavy atom. The average Bonchev–Trinajstić information content (AvgIpc) is 2.79. The Hall–Kier alpha value is 0.400. The second-order valence-electron chi connectivity index (χ2n) is 8.84. The van der Waals surface area contributed by atoms with Gasteiger partial charge < -0.3 is 9.80 Å². The van der Waals surface area contributed by atoms with Crippen LogP contribution in [0.2, 0.25) is 0 Å². The monoisotopic (exact) mass is 692 g/mol. The van der Waals surface area contributed by atoms with Gasteiger partial charge in [-0.05, 0) is 54.9 Å². The zero-order valence-corrected chi connectivity index (χ0v) is 26.4. The van der Waals surface area contributed by atoms with Crippen molar-refractivity contribution in [3.05, 3.63) is 68.6 Å². The van der Waals surface area contributed by atoms with E-state index < -0.39 is 0 Å². The Morgan fingerprint density at radius 1 is 0.457 bits per heavy atom. The quantitative estimate of drug-likeness (QED) is 0.325. The van der Waals surface area contributed by atoms with Crippen molar-refractivity contribution in [2.75, 3.05) is 65.4 Å². The SMILES string of the molecule is Brc1ccc(CN2CCN(CCCN3CCN(Cc4ccc(Br)cc4)CC3)CC2)cc1.Cl.Cl.Cl.Cl. The van der Waals surface area contributed by atoms with E-state index in [9.17, 15) is 0 Å². The highest BCUT2D eigenvalue weighted by atomic mass is 79.9. The summed E-state index contributed by atoms with van der Waals surface area (Å²) in [5.74, 6) is 0. The van der Waals surface area contributed by atoms with Gasteiger partial charge in [0.2, 0.25) is 0 Å². The first-order valence-electron chi connectivity index (χ1n) is 11.5. The van der Waals surface area contributed by atoms with E-state index in [-0.39, 0.29) is 49.6 Å². The van der Waals surface area contributed by atoms with Crippen LogP contribution in [0, 0.1) is 0 Å². The molecular formula is C25H38Br2Cl4N4. The highest BCUT2D eigenvalue weighted by molar-refractivity contribution is 9.10. The summed E-state index contributed by atoms with van der Waals surface area (Å²) in [6.45, 7) is 14.2. The van der Waals surface area contributed by atoms with Gasteiger partial charge in [0.1, 0.15) is 0 Å². The second-order valence-corrected chi connectivity index (χ2v) is 10.7. The third-order valence-corrected chi connectivity index (χ3v) is 7.57. The minimum Gasteiger partial charge on any atom is -0.301 e. The number of piperazine rings is 2. The molecule has 0 N–H and O–H groups in total. The zero-order valence-electron chi connectivity index (χ0n) is 20.0. The fourth-order valence-corrected chi connectivity index (χ4v) is 5.08. The summed E-state index contributed by atoms with van der Waals surface area (Å²) in [4.78, 5) is 10.5. The van der Waals surface area contributed by atoms with Crippen molar-refractivity contribution in [2.45, 2.75) is 19.5 Å². The molecule has 0 radical (unpaired) electrons. The summed E-state index contributed by atoms with van der Waals surface area (Å²) >= 11 is 7.04. The van der Waals surface area contributed by atoms with Gasteiger partial charge in [-0.2, -0.15) is 0 Å². The molecule has 0 aliphatic carbocycles. The van der Waals surface area contributed by atoms with E-state index in [4.69, 9.17) is 0 Å². The van der Waals surface area contributed by atoms with Gasteiger partial charge in [-0.15, -0.1) is 49.6 Å². The summed E-state index contributed by atoms with van der Waals surface area (Å²) in [6.07, 6.45) is 1.29. The summed E-state index contributed by atoms with van der Waals surface area (Å²) in [7, 11) is 0. The molecule has 0 saturated carbocycles. The van der Waals surface area contributed by atoms with Crippen molar-refractivity contribution >= 4 is 81.5 Å². The molecule has 0 bridgehead atoms. The third kappa shape index (κ3) is 12.2. The molecule has 2 aliphatic heterocycles. The van der Waals surface area contributed by atoms with Crippen molar-refractivity contribution < 1.29 is 0 Å². The summed E-state index contributed by atoms with van der Waals surface area (Å²) < 4.78 is 2.32.